The molecule has 0 N–H and O–H groups in total. The third-order valence-corrected chi connectivity index (χ3v) is 3.59. The Morgan fingerprint density at radius 3 is 2.45 bits per heavy atom. The third kappa shape index (κ3) is 2.77. The summed E-state index contributed by atoms with van der Waals surface area (Å²) in [5.74, 6) is 1.30. The summed E-state index contributed by atoms with van der Waals surface area (Å²) in [6.45, 7) is 4.18. The molecule has 0 radical (unpaired) electrons. The van der Waals surface area contributed by atoms with Crippen molar-refractivity contribution in [2.45, 2.75) is 26.7 Å². The van der Waals surface area contributed by atoms with Gasteiger partial charge in [0.25, 0.3) is 0 Å². The summed E-state index contributed by atoms with van der Waals surface area (Å²) in [6, 6.07) is 14.4. The van der Waals surface area contributed by atoms with Crippen LogP contribution >= 0.6 is 0 Å². The molecule has 0 aliphatic rings. The molecule has 3 nitrogen and oxygen atoms in total. The Balaban J connectivity index is 2.10. The summed E-state index contributed by atoms with van der Waals surface area (Å²) in [7, 11) is 0. The van der Waals surface area contributed by atoms with Crippen LogP contribution in [0.1, 0.15) is 24.7 Å². The van der Waals surface area contributed by atoms with Crippen molar-refractivity contribution in [3.05, 3.63) is 65.7 Å². The van der Waals surface area contributed by atoms with Gasteiger partial charge >= 0.3 is 0 Å². The normalized spacial score (nSPS) is 10.9. The third-order valence-electron chi connectivity index (χ3n) is 3.59. The Bertz CT molecular complexity index is 775. The largest absolute Gasteiger partial charge is 0.217 e. The lowest BCUT2D eigenvalue weighted by molar-refractivity contribution is 0.628. The van der Waals surface area contributed by atoms with Crippen LogP contribution in [0.3, 0.4) is 0 Å². The summed E-state index contributed by atoms with van der Waals surface area (Å²) in [4.78, 5) is 4.65. The number of hydrogen-bond donors (Lipinski definition) is 0. The minimum atomic E-state index is -0.254. The van der Waals surface area contributed by atoms with E-state index >= 15 is 0 Å². The first-order valence-corrected chi connectivity index (χ1v) is 7.47. The predicted molar refractivity (Wildman–Crippen MR) is 85.5 cm³/mol. The van der Waals surface area contributed by atoms with Crippen LogP contribution in [-0.2, 0) is 6.42 Å². The molecular weight excluding hydrogens is 277 g/mol. The van der Waals surface area contributed by atoms with E-state index in [1.807, 2.05) is 22.9 Å². The van der Waals surface area contributed by atoms with Crippen molar-refractivity contribution >= 4 is 0 Å². The second-order valence-electron chi connectivity index (χ2n) is 5.31. The van der Waals surface area contributed by atoms with Crippen LogP contribution in [0, 0.1) is 12.7 Å². The van der Waals surface area contributed by atoms with E-state index in [9.17, 15) is 4.39 Å². The quantitative estimate of drug-likeness (QED) is 0.717. The molecule has 4 heteroatoms. The molecule has 0 spiro atoms. The molecule has 0 saturated carbocycles. The van der Waals surface area contributed by atoms with E-state index in [1.54, 1.807) is 12.1 Å². The van der Waals surface area contributed by atoms with Gasteiger partial charge < -0.3 is 0 Å². The number of nitrogens with zero attached hydrogens (tertiary/aromatic N) is 3. The lowest BCUT2D eigenvalue weighted by atomic mass is 10.2. The number of aryl methyl sites for hydroxylation is 2. The molecule has 1 heterocycles. The van der Waals surface area contributed by atoms with Crippen molar-refractivity contribution in [2.24, 2.45) is 0 Å². The first kappa shape index (κ1) is 14.4. The molecule has 0 aliphatic carbocycles. The van der Waals surface area contributed by atoms with Crippen LogP contribution in [-0.4, -0.2) is 14.8 Å². The molecule has 2 aromatic carbocycles. The number of benzene rings is 2. The highest BCUT2D eigenvalue weighted by molar-refractivity contribution is 5.55. The minimum Gasteiger partial charge on any atom is -0.217 e. The van der Waals surface area contributed by atoms with E-state index in [4.69, 9.17) is 0 Å². The smallest absolute Gasteiger partial charge is 0.181 e. The van der Waals surface area contributed by atoms with Crippen molar-refractivity contribution in [1.29, 1.82) is 0 Å². The van der Waals surface area contributed by atoms with Crippen molar-refractivity contribution in [3.8, 4) is 17.1 Å². The fourth-order valence-corrected chi connectivity index (χ4v) is 2.45. The molecule has 0 amide bonds. The van der Waals surface area contributed by atoms with Gasteiger partial charge in [0.2, 0.25) is 0 Å². The maximum Gasteiger partial charge on any atom is 0.181 e. The Morgan fingerprint density at radius 1 is 1.05 bits per heavy atom. The zero-order valence-electron chi connectivity index (χ0n) is 12.8. The van der Waals surface area contributed by atoms with Gasteiger partial charge in [-0.05, 0) is 49.2 Å². The molecule has 112 valence electrons. The second kappa shape index (κ2) is 6.10. The molecule has 1 aromatic heterocycles. The molecule has 0 saturated heterocycles. The zero-order valence-corrected chi connectivity index (χ0v) is 12.8. The topological polar surface area (TPSA) is 30.7 Å². The number of halogens is 1. The van der Waals surface area contributed by atoms with Gasteiger partial charge in [0.1, 0.15) is 11.6 Å². The van der Waals surface area contributed by atoms with Crippen molar-refractivity contribution in [2.75, 3.05) is 0 Å². The summed E-state index contributed by atoms with van der Waals surface area (Å²) in [5, 5.41) is 4.64. The Kier molecular flexibility index (Phi) is 4.00. The van der Waals surface area contributed by atoms with E-state index in [0.717, 1.165) is 35.5 Å². The second-order valence-corrected chi connectivity index (χ2v) is 5.31. The first-order chi connectivity index (χ1) is 10.7. The lowest BCUT2D eigenvalue weighted by Crippen LogP contribution is -2.04. The molecule has 0 atom stereocenters. The van der Waals surface area contributed by atoms with Crippen molar-refractivity contribution in [1.82, 2.24) is 14.8 Å². The van der Waals surface area contributed by atoms with E-state index in [-0.39, 0.29) is 5.82 Å². The van der Waals surface area contributed by atoms with Gasteiger partial charge in [0.15, 0.2) is 5.82 Å². The molecule has 3 aromatic rings. The summed E-state index contributed by atoms with van der Waals surface area (Å²) >= 11 is 0. The number of rotatable bonds is 4. The van der Waals surface area contributed by atoms with Gasteiger partial charge in [-0.1, -0.05) is 25.1 Å². The fraction of sp³-hybridized carbons (Fsp3) is 0.222. The molecule has 0 fully saturated rings. The highest BCUT2D eigenvalue weighted by Crippen LogP contribution is 2.21. The van der Waals surface area contributed by atoms with Gasteiger partial charge in [0, 0.05) is 12.0 Å². The maximum absolute atomic E-state index is 13.1. The highest BCUT2D eigenvalue weighted by Gasteiger charge is 2.13. The summed E-state index contributed by atoms with van der Waals surface area (Å²) in [5.41, 5.74) is 3.01. The standard InChI is InChI=1S/C18H18FN3/c1-3-6-17-20-18(14-9-11-15(19)12-10-14)21-22(17)16-8-5-4-7-13(16)2/h4-5,7-12H,3,6H2,1-2H3. The van der Waals surface area contributed by atoms with Crippen LogP contribution in [0.2, 0.25) is 0 Å². The summed E-state index contributed by atoms with van der Waals surface area (Å²) in [6.07, 6.45) is 1.84. The SMILES string of the molecule is CCCc1nc(-c2ccc(F)cc2)nn1-c1ccccc1C. The van der Waals surface area contributed by atoms with Gasteiger partial charge in [-0.15, -0.1) is 5.10 Å². The lowest BCUT2D eigenvalue weighted by Gasteiger charge is -2.07. The molecule has 0 aliphatic heterocycles. The predicted octanol–water partition coefficient (Wildman–Crippen LogP) is 4.33. The Morgan fingerprint density at radius 2 is 1.77 bits per heavy atom. The van der Waals surface area contributed by atoms with E-state index < -0.39 is 0 Å². The van der Waals surface area contributed by atoms with E-state index in [0.29, 0.717) is 5.82 Å². The van der Waals surface area contributed by atoms with Crippen LogP contribution in [0.5, 0.6) is 0 Å². The van der Waals surface area contributed by atoms with Gasteiger partial charge in [-0.25, -0.2) is 14.1 Å². The van der Waals surface area contributed by atoms with Crippen molar-refractivity contribution < 1.29 is 4.39 Å². The monoisotopic (exact) mass is 295 g/mol. The molecule has 0 bridgehead atoms. The fourth-order valence-electron chi connectivity index (χ4n) is 2.45. The van der Waals surface area contributed by atoms with Gasteiger partial charge in [-0.3, -0.25) is 0 Å². The van der Waals surface area contributed by atoms with Crippen molar-refractivity contribution in [3.63, 3.8) is 0 Å². The number of para-hydroxylation sites is 1. The molecule has 22 heavy (non-hydrogen) atoms. The average Bonchev–Trinajstić information content (AvgIpc) is 2.93. The summed E-state index contributed by atoms with van der Waals surface area (Å²) < 4.78 is 15.0. The van der Waals surface area contributed by atoms with Gasteiger partial charge in [0.05, 0.1) is 5.69 Å². The van der Waals surface area contributed by atoms with Crippen LogP contribution in [0.25, 0.3) is 17.1 Å². The first-order valence-electron chi connectivity index (χ1n) is 7.47. The maximum atomic E-state index is 13.1. The van der Waals surface area contributed by atoms with E-state index in [2.05, 4.69) is 30.0 Å². The van der Waals surface area contributed by atoms with Gasteiger partial charge in [-0.2, -0.15) is 0 Å². The molecule has 3 rings (SSSR count). The average molecular weight is 295 g/mol. The Hall–Kier alpha value is -2.49. The number of hydrogen-bond acceptors (Lipinski definition) is 2. The van der Waals surface area contributed by atoms with Crippen LogP contribution in [0.15, 0.2) is 48.5 Å². The minimum absolute atomic E-state index is 0.254. The zero-order chi connectivity index (χ0) is 15.5. The van der Waals surface area contributed by atoms with Crippen LogP contribution < -0.4 is 0 Å². The number of aromatic nitrogens is 3. The molecular formula is C18H18FN3. The van der Waals surface area contributed by atoms with Crippen LogP contribution in [0.4, 0.5) is 4.39 Å². The Labute approximate surface area is 129 Å². The van der Waals surface area contributed by atoms with E-state index in [1.165, 1.54) is 12.1 Å². The highest BCUT2D eigenvalue weighted by atomic mass is 19.1. The molecule has 0 unspecified atom stereocenters.